The minimum Gasteiger partial charge on any atom is -0.493 e. The number of amides is 2. The van der Waals surface area contributed by atoms with Crippen LogP contribution in [0.4, 0.5) is 0 Å². The number of nitrogens with zero attached hydrogens (tertiary/aromatic N) is 1. The van der Waals surface area contributed by atoms with Gasteiger partial charge in [-0.05, 0) is 49.1 Å². The van der Waals surface area contributed by atoms with Crippen molar-refractivity contribution in [2.24, 2.45) is 5.92 Å². The maximum absolute atomic E-state index is 12.6. The van der Waals surface area contributed by atoms with Gasteiger partial charge in [0.25, 0.3) is 5.91 Å². The number of carbonyl (C=O) groups is 2. The zero-order valence-electron chi connectivity index (χ0n) is 18.1. The first-order valence-corrected chi connectivity index (χ1v) is 10.1. The van der Waals surface area contributed by atoms with E-state index in [2.05, 4.69) is 5.32 Å². The molecule has 3 rings (SSSR count). The number of methoxy groups -OCH3 is 3. The van der Waals surface area contributed by atoms with Gasteiger partial charge in [-0.15, -0.1) is 0 Å². The van der Waals surface area contributed by atoms with Crippen molar-refractivity contribution < 1.29 is 28.2 Å². The molecular formula is C23H28N2O6. The molecule has 0 saturated carbocycles. The number of hydrogen-bond donors (Lipinski definition) is 1. The molecule has 0 bridgehead atoms. The molecule has 2 amide bonds. The van der Waals surface area contributed by atoms with E-state index in [1.807, 2.05) is 4.90 Å². The van der Waals surface area contributed by atoms with Gasteiger partial charge in [-0.25, -0.2) is 0 Å². The van der Waals surface area contributed by atoms with Gasteiger partial charge in [-0.2, -0.15) is 0 Å². The number of hydrogen-bond acceptors (Lipinski definition) is 6. The summed E-state index contributed by atoms with van der Waals surface area (Å²) < 4.78 is 21.1. The van der Waals surface area contributed by atoms with Crippen LogP contribution in [0.5, 0.6) is 17.2 Å². The van der Waals surface area contributed by atoms with E-state index >= 15 is 0 Å². The predicted octanol–water partition coefficient (Wildman–Crippen LogP) is 2.99. The fraction of sp³-hybridized carbons (Fsp3) is 0.391. The SMILES string of the molecule is COc1cc(C(=O)NCC2CCN(C(=O)/C=C/c3ccco3)CC2)cc(OC)c1OC. The molecule has 0 radical (unpaired) electrons. The minimum atomic E-state index is -0.209. The molecule has 8 nitrogen and oxygen atoms in total. The molecule has 1 aliphatic heterocycles. The maximum Gasteiger partial charge on any atom is 0.251 e. The van der Waals surface area contributed by atoms with Gasteiger partial charge in [0.1, 0.15) is 5.76 Å². The lowest BCUT2D eigenvalue weighted by Gasteiger charge is -2.31. The number of ether oxygens (including phenoxy) is 3. The summed E-state index contributed by atoms with van der Waals surface area (Å²) >= 11 is 0. The van der Waals surface area contributed by atoms with Crippen molar-refractivity contribution in [1.82, 2.24) is 10.2 Å². The van der Waals surface area contributed by atoms with Gasteiger partial charge in [0.15, 0.2) is 11.5 Å². The Bertz CT molecular complexity index is 889. The fourth-order valence-electron chi connectivity index (χ4n) is 3.55. The van der Waals surface area contributed by atoms with Crippen molar-refractivity contribution in [1.29, 1.82) is 0 Å². The minimum absolute atomic E-state index is 0.0312. The smallest absolute Gasteiger partial charge is 0.251 e. The second-order valence-corrected chi connectivity index (χ2v) is 7.24. The highest BCUT2D eigenvalue weighted by Crippen LogP contribution is 2.38. The topological polar surface area (TPSA) is 90.2 Å². The number of nitrogens with one attached hydrogen (secondary N) is 1. The Labute approximate surface area is 181 Å². The number of furan rings is 1. The lowest BCUT2D eigenvalue weighted by atomic mass is 9.96. The van der Waals surface area contributed by atoms with Crippen molar-refractivity contribution in [3.8, 4) is 17.2 Å². The number of likely N-dealkylation sites (tertiary alicyclic amines) is 1. The van der Waals surface area contributed by atoms with E-state index in [1.54, 1.807) is 36.6 Å². The van der Waals surface area contributed by atoms with Crippen LogP contribution in [0.25, 0.3) is 6.08 Å². The molecule has 1 aliphatic rings. The van der Waals surface area contributed by atoms with Crippen LogP contribution in [0, 0.1) is 5.92 Å². The predicted molar refractivity (Wildman–Crippen MR) is 115 cm³/mol. The summed E-state index contributed by atoms with van der Waals surface area (Å²) in [4.78, 5) is 26.8. The summed E-state index contributed by atoms with van der Waals surface area (Å²) in [5.41, 5.74) is 0.435. The molecule has 0 unspecified atom stereocenters. The molecular weight excluding hydrogens is 400 g/mol. The summed E-state index contributed by atoms with van der Waals surface area (Å²) in [6.07, 6.45) is 6.44. The Balaban J connectivity index is 1.50. The van der Waals surface area contributed by atoms with Crippen molar-refractivity contribution in [3.05, 3.63) is 47.9 Å². The average molecular weight is 428 g/mol. The summed E-state index contributed by atoms with van der Waals surface area (Å²) in [6, 6.07) is 6.83. The Morgan fingerprint density at radius 2 is 1.81 bits per heavy atom. The average Bonchev–Trinajstić information content (AvgIpc) is 3.34. The molecule has 2 aromatic rings. The molecule has 0 aliphatic carbocycles. The maximum atomic E-state index is 12.6. The van der Waals surface area contributed by atoms with Crippen molar-refractivity contribution in [2.45, 2.75) is 12.8 Å². The normalized spacial score (nSPS) is 14.5. The summed E-state index contributed by atoms with van der Waals surface area (Å²) in [7, 11) is 4.54. The highest BCUT2D eigenvalue weighted by atomic mass is 16.5. The lowest BCUT2D eigenvalue weighted by molar-refractivity contribution is -0.127. The van der Waals surface area contributed by atoms with Crippen LogP contribution >= 0.6 is 0 Å². The molecule has 166 valence electrons. The van der Waals surface area contributed by atoms with Gasteiger partial charge in [0, 0.05) is 31.3 Å². The Hall–Kier alpha value is -3.42. The van der Waals surface area contributed by atoms with E-state index in [0.29, 0.717) is 54.1 Å². The van der Waals surface area contributed by atoms with Gasteiger partial charge < -0.3 is 28.8 Å². The molecule has 8 heteroatoms. The van der Waals surface area contributed by atoms with Crippen molar-refractivity contribution in [2.75, 3.05) is 41.0 Å². The zero-order valence-corrected chi connectivity index (χ0v) is 18.1. The van der Waals surface area contributed by atoms with E-state index in [1.165, 1.54) is 27.4 Å². The Morgan fingerprint density at radius 1 is 1.13 bits per heavy atom. The first-order valence-electron chi connectivity index (χ1n) is 10.1. The van der Waals surface area contributed by atoms with E-state index in [9.17, 15) is 9.59 Å². The lowest BCUT2D eigenvalue weighted by Crippen LogP contribution is -2.41. The number of carbonyl (C=O) groups excluding carboxylic acids is 2. The second-order valence-electron chi connectivity index (χ2n) is 7.24. The van der Waals surface area contributed by atoms with Crippen LogP contribution in [0.15, 0.2) is 41.0 Å². The first-order chi connectivity index (χ1) is 15.0. The fourth-order valence-corrected chi connectivity index (χ4v) is 3.55. The Morgan fingerprint density at radius 3 is 2.35 bits per heavy atom. The molecule has 1 fully saturated rings. The van der Waals surface area contributed by atoms with E-state index in [0.717, 1.165) is 12.8 Å². The third-order valence-electron chi connectivity index (χ3n) is 5.34. The molecule has 0 atom stereocenters. The van der Waals surface area contributed by atoms with Crippen LogP contribution in [-0.4, -0.2) is 57.7 Å². The monoisotopic (exact) mass is 428 g/mol. The molecule has 2 heterocycles. The second kappa shape index (κ2) is 10.6. The van der Waals surface area contributed by atoms with Gasteiger partial charge in [-0.3, -0.25) is 9.59 Å². The summed E-state index contributed by atoms with van der Waals surface area (Å²) in [5.74, 6) is 2.03. The van der Waals surface area contributed by atoms with Gasteiger partial charge in [0.05, 0.1) is 27.6 Å². The zero-order chi connectivity index (χ0) is 22.2. The quantitative estimate of drug-likeness (QED) is 0.650. The highest BCUT2D eigenvalue weighted by molar-refractivity contribution is 5.95. The Kier molecular flexibility index (Phi) is 7.59. The van der Waals surface area contributed by atoms with Gasteiger partial charge >= 0.3 is 0 Å². The molecule has 0 spiro atoms. The van der Waals surface area contributed by atoms with Crippen molar-refractivity contribution >= 4 is 17.9 Å². The van der Waals surface area contributed by atoms with E-state index in [-0.39, 0.29) is 11.8 Å². The summed E-state index contributed by atoms with van der Waals surface area (Å²) in [5, 5.41) is 2.98. The van der Waals surface area contributed by atoms with Gasteiger partial charge in [0.2, 0.25) is 11.7 Å². The number of rotatable bonds is 8. The standard InChI is InChI=1S/C23H28N2O6/c1-28-19-13-17(14-20(29-2)22(19)30-3)23(27)24-15-16-8-10-25(11-9-16)21(26)7-6-18-5-4-12-31-18/h4-7,12-14,16H,8-11,15H2,1-3H3,(H,24,27)/b7-6+. The van der Waals surface area contributed by atoms with E-state index in [4.69, 9.17) is 18.6 Å². The van der Waals surface area contributed by atoms with Crippen LogP contribution in [-0.2, 0) is 4.79 Å². The summed E-state index contributed by atoms with van der Waals surface area (Å²) in [6.45, 7) is 1.86. The van der Waals surface area contributed by atoms with Crippen LogP contribution in [0.1, 0.15) is 29.0 Å². The van der Waals surface area contributed by atoms with Crippen LogP contribution in [0.3, 0.4) is 0 Å². The third kappa shape index (κ3) is 5.59. The number of piperidine rings is 1. The third-order valence-corrected chi connectivity index (χ3v) is 5.34. The van der Waals surface area contributed by atoms with Crippen LogP contribution in [0.2, 0.25) is 0 Å². The van der Waals surface area contributed by atoms with E-state index < -0.39 is 0 Å². The largest absolute Gasteiger partial charge is 0.493 e. The molecule has 1 aromatic heterocycles. The van der Waals surface area contributed by atoms with Gasteiger partial charge in [-0.1, -0.05) is 0 Å². The molecule has 1 aromatic carbocycles. The molecule has 1 saturated heterocycles. The highest BCUT2D eigenvalue weighted by Gasteiger charge is 2.23. The first kappa shape index (κ1) is 22.3. The van der Waals surface area contributed by atoms with Crippen molar-refractivity contribution in [3.63, 3.8) is 0 Å². The molecule has 1 N–H and O–H groups in total. The number of benzene rings is 1. The molecule has 31 heavy (non-hydrogen) atoms. The van der Waals surface area contributed by atoms with Crippen LogP contribution < -0.4 is 19.5 Å².